The van der Waals surface area contributed by atoms with Gasteiger partial charge in [0.05, 0.1) is 0 Å². The number of rotatable bonds is 6. The van der Waals surface area contributed by atoms with Crippen LogP contribution in [0.5, 0.6) is 5.75 Å². The molecule has 2 rings (SSSR count). The number of aliphatic hydroxyl groups excluding tert-OH is 2. The predicted molar refractivity (Wildman–Crippen MR) is 102 cm³/mol. The van der Waals surface area contributed by atoms with Crippen LogP contribution in [0.15, 0.2) is 59.4 Å². The summed E-state index contributed by atoms with van der Waals surface area (Å²) in [6, 6.07) is 4.49. The van der Waals surface area contributed by atoms with E-state index in [9.17, 15) is 24.9 Å². The zero-order valence-corrected chi connectivity index (χ0v) is 15.6. The largest absolute Gasteiger partial charge is 0.508 e. The summed E-state index contributed by atoms with van der Waals surface area (Å²) in [4.78, 5) is 24.7. The van der Waals surface area contributed by atoms with E-state index in [1.165, 1.54) is 30.3 Å². The highest BCUT2D eigenvalue weighted by atomic mass is 16.3. The highest BCUT2D eigenvalue weighted by Crippen LogP contribution is 2.26. The summed E-state index contributed by atoms with van der Waals surface area (Å²) in [6.07, 6.45) is 4.68. The van der Waals surface area contributed by atoms with E-state index < -0.39 is 29.6 Å². The molecule has 6 heteroatoms. The Kier molecular flexibility index (Phi) is 6.58. The topological polar surface area (TPSA) is 107 Å². The molecule has 1 aromatic carbocycles. The molecule has 0 aliphatic carbocycles. The molecule has 0 spiro atoms. The fourth-order valence-electron chi connectivity index (χ4n) is 2.79. The second-order valence-electron chi connectivity index (χ2n) is 6.74. The standard InChI is InChI=1S/C21H25NO5/c1-4-12(2)11-13(3)5-10-16(24)17-20(26)18(22-21(17)27)19(25)14-6-8-15(23)9-7-14/h5-12,18-19,23-25H,4H2,1-3H3,(H,22,27)/t12-,18+,19-/m1/s1. The normalized spacial score (nSPS) is 22.1. The molecule has 3 atom stereocenters. The van der Waals surface area contributed by atoms with Gasteiger partial charge in [0.1, 0.15) is 29.2 Å². The first-order chi connectivity index (χ1) is 12.7. The van der Waals surface area contributed by atoms with Crippen molar-refractivity contribution >= 4 is 11.7 Å². The molecule has 6 nitrogen and oxygen atoms in total. The Morgan fingerprint density at radius 3 is 2.44 bits per heavy atom. The molecule has 4 N–H and O–H groups in total. The first-order valence-electron chi connectivity index (χ1n) is 8.86. The van der Waals surface area contributed by atoms with Crippen molar-refractivity contribution < 1.29 is 24.9 Å². The van der Waals surface area contributed by atoms with Crippen LogP contribution < -0.4 is 5.32 Å². The van der Waals surface area contributed by atoms with Crippen LogP contribution in [0.1, 0.15) is 38.9 Å². The number of amides is 1. The van der Waals surface area contributed by atoms with Crippen molar-refractivity contribution in [1.29, 1.82) is 0 Å². The molecule has 1 saturated heterocycles. The third-order valence-corrected chi connectivity index (χ3v) is 4.54. The van der Waals surface area contributed by atoms with Crippen molar-refractivity contribution in [1.82, 2.24) is 5.32 Å². The number of hydrogen-bond donors (Lipinski definition) is 4. The van der Waals surface area contributed by atoms with Crippen LogP contribution in [-0.2, 0) is 9.59 Å². The molecule has 0 aromatic heterocycles. The highest BCUT2D eigenvalue weighted by Gasteiger charge is 2.42. The van der Waals surface area contributed by atoms with Crippen LogP contribution in [-0.4, -0.2) is 33.1 Å². The Hall–Kier alpha value is -2.86. The lowest BCUT2D eigenvalue weighted by Crippen LogP contribution is -2.35. The van der Waals surface area contributed by atoms with E-state index >= 15 is 0 Å². The monoisotopic (exact) mass is 371 g/mol. The van der Waals surface area contributed by atoms with Crippen molar-refractivity contribution in [2.75, 3.05) is 0 Å². The molecular weight excluding hydrogens is 346 g/mol. The quantitative estimate of drug-likeness (QED) is 0.266. The number of benzene rings is 1. The van der Waals surface area contributed by atoms with E-state index in [-0.39, 0.29) is 11.3 Å². The number of carbonyl (C=O) groups is 2. The Bertz CT molecular complexity index is 804. The van der Waals surface area contributed by atoms with E-state index in [4.69, 9.17) is 0 Å². The smallest absolute Gasteiger partial charge is 0.259 e. The second kappa shape index (κ2) is 8.68. The summed E-state index contributed by atoms with van der Waals surface area (Å²) >= 11 is 0. The maximum Gasteiger partial charge on any atom is 0.259 e. The lowest BCUT2D eigenvalue weighted by Gasteiger charge is -2.16. The minimum Gasteiger partial charge on any atom is -0.508 e. The molecule has 0 unspecified atom stereocenters. The molecule has 1 amide bonds. The van der Waals surface area contributed by atoms with Crippen LogP contribution in [0.3, 0.4) is 0 Å². The minimum atomic E-state index is -1.29. The first-order valence-corrected chi connectivity index (χ1v) is 8.86. The summed E-state index contributed by atoms with van der Waals surface area (Å²) in [5, 5.41) is 32.3. The number of allylic oxidation sites excluding steroid dienone is 4. The molecule has 1 aliphatic rings. The fraction of sp³-hybridized carbons (Fsp3) is 0.333. The number of aliphatic hydroxyl groups is 2. The number of phenols is 1. The molecule has 0 bridgehead atoms. The Morgan fingerprint density at radius 1 is 1.22 bits per heavy atom. The molecule has 0 radical (unpaired) electrons. The van der Waals surface area contributed by atoms with Gasteiger partial charge in [0, 0.05) is 0 Å². The number of carbonyl (C=O) groups excluding carboxylic acids is 2. The van der Waals surface area contributed by atoms with Gasteiger partial charge in [-0.3, -0.25) is 9.59 Å². The van der Waals surface area contributed by atoms with Gasteiger partial charge in [0.2, 0.25) is 0 Å². The van der Waals surface area contributed by atoms with Gasteiger partial charge in [-0.05, 0) is 36.6 Å². The zero-order chi connectivity index (χ0) is 20.1. The van der Waals surface area contributed by atoms with Gasteiger partial charge in [-0.25, -0.2) is 0 Å². The fourth-order valence-corrected chi connectivity index (χ4v) is 2.79. The van der Waals surface area contributed by atoms with E-state index in [0.717, 1.165) is 12.0 Å². The van der Waals surface area contributed by atoms with Crippen LogP contribution >= 0.6 is 0 Å². The highest BCUT2D eigenvalue weighted by molar-refractivity contribution is 6.27. The molecule has 27 heavy (non-hydrogen) atoms. The van der Waals surface area contributed by atoms with Crippen LogP contribution in [0.25, 0.3) is 0 Å². The third-order valence-electron chi connectivity index (χ3n) is 4.54. The summed E-state index contributed by atoms with van der Waals surface area (Å²) in [5.41, 5.74) is 0.906. The first kappa shape index (κ1) is 20.5. The minimum absolute atomic E-state index is 0.0249. The van der Waals surface area contributed by atoms with Crippen molar-refractivity contribution in [3.63, 3.8) is 0 Å². The van der Waals surface area contributed by atoms with Crippen LogP contribution in [0.4, 0.5) is 0 Å². The zero-order valence-electron chi connectivity index (χ0n) is 15.6. The van der Waals surface area contributed by atoms with Gasteiger partial charge < -0.3 is 20.6 Å². The summed E-state index contributed by atoms with van der Waals surface area (Å²) in [7, 11) is 0. The summed E-state index contributed by atoms with van der Waals surface area (Å²) in [5.74, 6) is -1.43. The van der Waals surface area contributed by atoms with Crippen molar-refractivity contribution in [3.05, 3.63) is 65.0 Å². The van der Waals surface area contributed by atoms with Crippen LogP contribution in [0.2, 0.25) is 0 Å². The number of nitrogens with one attached hydrogen (secondary N) is 1. The maximum atomic E-state index is 12.5. The lowest BCUT2D eigenvalue weighted by atomic mass is 9.98. The Labute approximate surface area is 158 Å². The molecule has 1 fully saturated rings. The molecular formula is C21H25NO5. The average molecular weight is 371 g/mol. The third kappa shape index (κ3) is 4.86. The van der Waals surface area contributed by atoms with Gasteiger partial charge in [0.25, 0.3) is 5.91 Å². The molecule has 144 valence electrons. The Morgan fingerprint density at radius 2 is 1.85 bits per heavy atom. The van der Waals surface area contributed by atoms with Crippen molar-refractivity contribution in [2.24, 2.45) is 5.92 Å². The van der Waals surface area contributed by atoms with E-state index in [1.54, 1.807) is 6.08 Å². The van der Waals surface area contributed by atoms with Gasteiger partial charge in [-0.15, -0.1) is 0 Å². The van der Waals surface area contributed by atoms with E-state index in [2.05, 4.69) is 19.2 Å². The van der Waals surface area contributed by atoms with E-state index in [0.29, 0.717) is 11.5 Å². The van der Waals surface area contributed by atoms with Gasteiger partial charge in [-0.2, -0.15) is 0 Å². The molecule has 1 aromatic rings. The van der Waals surface area contributed by atoms with Crippen LogP contribution in [0, 0.1) is 5.92 Å². The summed E-state index contributed by atoms with van der Waals surface area (Å²) < 4.78 is 0. The SMILES string of the molecule is CC[C@@H](C)C=C(C)C=CC(O)=C1C(=O)N[C@@H]([C@H](O)c2ccc(O)cc2)C1=O. The molecule has 0 saturated carbocycles. The number of phenolic OH excluding ortho intramolecular Hbond substituents is 1. The predicted octanol–water partition coefficient (Wildman–Crippen LogP) is 2.85. The second-order valence-corrected chi connectivity index (χ2v) is 6.74. The van der Waals surface area contributed by atoms with Gasteiger partial charge >= 0.3 is 0 Å². The van der Waals surface area contributed by atoms with Crippen molar-refractivity contribution in [3.8, 4) is 5.75 Å². The number of Topliss-reactive ketones (excluding diaryl/α,β-unsaturated/α-hetero) is 1. The molecule has 1 heterocycles. The average Bonchev–Trinajstić information content (AvgIpc) is 2.94. The van der Waals surface area contributed by atoms with Crippen molar-refractivity contribution in [2.45, 2.75) is 39.3 Å². The lowest BCUT2D eigenvalue weighted by molar-refractivity contribution is -0.118. The number of aromatic hydroxyl groups is 1. The number of ketones is 1. The maximum absolute atomic E-state index is 12.5. The van der Waals surface area contributed by atoms with E-state index in [1.807, 2.05) is 13.0 Å². The number of hydrogen-bond acceptors (Lipinski definition) is 5. The Balaban J connectivity index is 2.22. The van der Waals surface area contributed by atoms with Gasteiger partial charge in [0.15, 0.2) is 5.78 Å². The molecule has 1 aliphatic heterocycles. The van der Waals surface area contributed by atoms with Gasteiger partial charge in [-0.1, -0.05) is 50.1 Å². The summed E-state index contributed by atoms with van der Waals surface area (Å²) in [6.45, 7) is 6.01.